The van der Waals surface area contributed by atoms with E-state index in [4.69, 9.17) is 0 Å². The summed E-state index contributed by atoms with van der Waals surface area (Å²) in [4.78, 5) is 17.0. The molecule has 0 atom stereocenters. The maximum atomic E-state index is 12.5. The van der Waals surface area contributed by atoms with Gasteiger partial charge < -0.3 is 9.88 Å². The van der Waals surface area contributed by atoms with Gasteiger partial charge in [0.2, 0.25) is 5.91 Å². The molecule has 24 heavy (non-hydrogen) atoms. The number of aromatic nitrogens is 2. The summed E-state index contributed by atoms with van der Waals surface area (Å²) in [6, 6.07) is 3.88. The summed E-state index contributed by atoms with van der Waals surface area (Å²) in [6.45, 7) is 1.60. The van der Waals surface area contributed by atoms with Gasteiger partial charge in [-0.15, -0.1) is 11.3 Å². The molecule has 3 heterocycles. The molecular formula is C15H20N4O3S2. The molecule has 0 aliphatic carbocycles. The first-order chi connectivity index (χ1) is 11.6. The van der Waals surface area contributed by atoms with Crippen LogP contribution in [0.5, 0.6) is 0 Å². The van der Waals surface area contributed by atoms with Gasteiger partial charge in [-0.05, 0) is 24.3 Å². The van der Waals surface area contributed by atoms with Gasteiger partial charge >= 0.3 is 0 Å². The van der Waals surface area contributed by atoms with Crippen LogP contribution in [0.3, 0.4) is 0 Å². The zero-order valence-electron chi connectivity index (χ0n) is 13.2. The first-order valence-corrected chi connectivity index (χ1v) is 10.2. The number of nitrogens with one attached hydrogen (secondary N) is 1. The minimum Gasteiger partial charge on any atom is -0.350 e. The van der Waals surface area contributed by atoms with E-state index in [2.05, 4.69) is 10.3 Å². The second-order valence-electron chi connectivity index (χ2n) is 5.71. The number of hydrogen-bond donors (Lipinski definition) is 1. The van der Waals surface area contributed by atoms with Gasteiger partial charge in [0.25, 0.3) is 10.0 Å². The van der Waals surface area contributed by atoms with Gasteiger partial charge in [0, 0.05) is 24.2 Å². The lowest BCUT2D eigenvalue weighted by molar-refractivity contribution is -0.121. The Morgan fingerprint density at radius 3 is 2.79 bits per heavy atom. The number of carbonyl (C=O) groups excluding carboxylic acids is 1. The molecule has 0 unspecified atom stereocenters. The van der Waals surface area contributed by atoms with Crippen LogP contribution in [0, 0.1) is 0 Å². The van der Waals surface area contributed by atoms with Gasteiger partial charge in [-0.1, -0.05) is 12.5 Å². The molecule has 130 valence electrons. The molecule has 3 rings (SSSR count). The van der Waals surface area contributed by atoms with Crippen LogP contribution in [-0.4, -0.2) is 41.3 Å². The SMILES string of the molecule is O=C(Cn1cnc(S(=O)(=O)N2CCCCC2)c1)NCc1cccs1. The predicted molar refractivity (Wildman–Crippen MR) is 91.0 cm³/mol. The van der Waals surface area contributed by atoms with E-state index in [-0.39, 0.29) is 17.5 Å². The Balaban J connectivity index is 1.59. The van der Waals surface area contributed by atoms with Gasteiger partial charge in [0.05, 0.1) is 12.9 Å². The number of carbonyl (C=O) groups is 1. The van der Waals surface area contributed by atoms with E-state index >= 15 is 0 Å². The first kappa shape index (κ1) is 17.1. The van der Waals surface area contributed by atoms with Crippen molar-refractivity contribution < 1.29 is 13.2 Å². The largest absolute Gasteiger partial charge is 0.350 e. The van der Waals surface area contributed by atoms with Gasteiger partial charge in [0.1, 0.15) is 6.54 Å². The highest BCUT2D eigenvalue weighted by molar-refractivity contribution is 7.89. The van der Waals surface area contributed by atoms with E-state index in [0.717, 1.165) is 24.1 Å². The van der Waals surface area contributed by atoms with Crippen LogP contribution in [0.25, 0.3) is 0 Å². The van der Waals surface area contributed by atoms with Crippen molar-refractivity contribution in [1.82, 2.24) is 19.2 Å². The molecule has 0 saturated carbocycles. The molecule has 9 heteroatoms. The fraction of sp³-hybridized carbons (Fsp3) is 0.467. The van der Waals surface area contributed by atoms with Crippen molar-refractivity contribution in [1.29, 1.82) is 0 Å². The van der Waals surface area contributed by atoms with Crippen LogP contribution in [0.2, 0.25) is 0 Å². The molecule has 2 aromatic heterocycles. The van der Waals surface area contributed by atoms with E-state index in [1.54, 1.807) is 11.3 Å². The smallest absolute Gasteiger partial charge is 0.262 e. The maximum Gasteiger partial charge on any atom is 0.262 e. The quantitative estimate of drug-likeness (QED) is 0.836. The van der Waals surface area contributed by atoms with Crippen LogP contribution in [-0.2, 0) is 27.9 Å². The fourth-order valence-electron chi connectivity index (χ4n) is 2.62. The number of sulfonamides is 1. The fourth-order valence-corrected chi connectivity index (χ4v) is 4.71. The van der Waals surface area contributed by atoms with E-state index in [1.807, 2.05) is 17.5 Å². The number of hydrogen-bond acceptors (Lipinski definition) is 5. The zero-order valence-corrected chi connectivity index (χ0v) is 14.9. The highest BCUT2D eigenvalue weighted by atomic mass is 32.2. The molecule has 1 saturated heterocycles. The minimum absolute atomic E-state index is 0.00968. The third-order valence-electron chi connectivity index (χ3n) is 3.89. The molecule has 1 aliphatic heterocycles. The molecule has 0 aromatic carbocycles. The zero-order chi connectivity index (χ0) is 17.0. The molecule has 0 bridgehead atoms. The number of rotatable bonds is 6. The van der Waals surface area contributed by atoms with Crippen LogP contribution in [0.15, 0.2) is 35.1 Å². The number of amides is 1. The lowest BCUT2D eigenvalue weighted by atomic mass is 10.2. The van der Waals surface area contributed by atoms with E-state index < -0.39 is 10.0 Å². The summed E-state index contributed by atoms with van der Waals surface area (Å²) in [7, 11) is -3.55. The molecule has 1 N–H and O–H groups in total. The molecule has 0 spiro atoms. The molecule has 0 radical (unpaired) electrons. The van der Waals surface area contributed by atoms with E-state index in [1.165, 1.54) is 21.4 Å². The lowest BCUT2D eigenvalue weighted by Gasteiger charge is -2.24. The average Bonchev–Trinajstić information content (AvgIpc) is 3.26. The average molecular weight is 368 g/mol. The Kier molecular flexibility index (Phi) is 5.32. The standard InChI is InChI=1S/C15H20N4O3S2/c20-14(16-9-13-5-4-8-23-13)10-18-11-15(17-12-18)24(21,22)19-6-2-1-3-7-19/h4-5,8,11-12H,1-3,6-7,9-10H2,(H,16,20). The summed E-state index contributed by atoms with van der Waals surface area (Å²) in [5.74, 6) is -0.178. The van der Waals surface area contributed by atoms with Crippen molar-refractivity contribution >= 4 is 27.3 Å². The Bertz CT molecular complexity index is 778. The lowest BCUT2D eigenvalue weighted by Crippen LogP contribution is -2.35. The van der Waals surface area contributed by atoms with Crippen molar-refractivity contribution in [3.63, 3.8) is 0 Å². The highest BCUT2D eigenvalue weighted by Gasteiger charge is 2.28. The third kappa shape index (κ3) is 4.03. The van der Waals surface area contributed by atoms with Crippen molar-refractivity contribution in [2.24, 2.45) is 0 Å². The molecule has 1 aliphatic rings. The number of piperidine rings is 1. The Morgan fingerprint density at radius 2 is 2.08 bits per heavy atom. The van der Waals surface area contributed by atoms with Crippen molar-refractivity contribution in [2.45, 2.75) is 37.4 Å². The molecule has 1 fully saturated rings. The second-order valence-corrected chi connectivity index (χ2v) is 8.62. The van der Waals surface area contributed by atoms with Crippen molar-refractivity contribution in [3.8, 4) is 0 Å². The predicted octanol–water partition coefficient (Wildman–Crippen LogP) is 1.44. The summed E-state index contributed by atoms with van der Waals surface area (Å²) >= 11 is 1.58. The van der Waals surface area contributed by atoms with Gasteiger partial charge in [-0.3, -0.25) is 4.79 Å². The molecular weight excluding hydrogens is 348 g/mol. The number of nitrogens with zero attached hydrogens (tertiary/aromatic N) is 3. The van der Waals surface area contributed by atoms with Crippen LogP contribution in [0.1, 0.15) is 24.1 Å². The Labute approximate surface area is 145 Å². The topological polar surface area (TPSA) is 84.3 Å². The number of thiophene rings is 1. The minimum atomic E-state index is -3.55. The Hall–Kier alpha value is -1.71. The maximum absolute atomic E-state index is 12.5. The monoisotopic (exact) mass is 368 g/mol. The molecule has 7 nitrogen and oxygen atoms in total. The van der Waals surface area contributed by atoms with Gasteiger partial charge in [-0.2, -0.15) is 4.31 Å². The second kappa shape index (κ2) is 7.45. The highest BCUT2D eigenvalue weighted by Crippen LogP contribution is 2.18. The summed E-state index contributed by atoms with van der Waals surface area (Å²) < 4.78 is 28.0. The summed E-state index contributed by atoms with van der Waals surface area (Å²) in [5.41, 5.74) is 0. The van der Waals surface area contributed by atoms with Crippen molar-refractivity contribution in [2.75, 3.05) is 13.1 Å². The summed E-state index contributed by atoms with van der Waals surface area (Å²) in [6.07, 6.45) is 5.64. The van der Waals surface area contributed by atoms with Crippen molar-refractivity contribution in [3.05, 3.63) is 34.9 Å². The van der Waals surface area contributed by atoms with E-state index in [0.29, 0.717) is 19.6 Å². The Morgan fingerprint density at radius 1 is 1.29 bits per heavy atom. The van der Waals surface area contributed by atoms with Crippen LogP contribution in [0.4, 0.5) is 0 Å². The molecule has 1 amide bonds. The van der Waals surface area contributed by atoms with Gasteiger partial charge in [0.15, 0.2) is 5.03 Å². The molecule has 2 aromatic rings. The summed E-state index contributed by atoms with van der Waals surface area (Å²) in [5, 5.41) is 4.77. The normalized spacial score (nSPS) is 16.2. The van der Waals surface area contributed by atoms with Gasteiger partial charge in [-0.25, -0.2) is 13.4 Å². The van der Waals surface area contributed by atoms with E-state index in [9.17, 15) is 13.2 Å². The van der Waals surface area contributed by atoms with Crippen LogP contribution >= 0.6 is 11.3 Å². The van der Waals surface area contributed by atoms with Crippen LogP contribution < -0.4 is 5.32 Å². The number of imidazole rings is 1. The first-order valence-electron chi connectivity index (χ1n) is 7.87. The third-order valence-corrected chi connectivity index (χ3v) is 6.56.